The summed E-state index contributed by atoms with van der Waals surface area (Å²) in [4.78, 5) is 26.7. The molecule has 2 aromatic carbocycles. The highest BCUT2D eigenvalue weighted by Gasteiger charge is 2.39. The van der Waals surface area contributed by atoms with E-state index in [4.69, 9.17) is 16.9 Å². The summed E-state index contributed by atoms with van der Waals surface area (Å²) in [6.07, 6.45) is 1.93. The first kappa shape index (κ1) is 20.5. The molecule has 2 atom stereocenters. The molecule has 2 aromatic rings. The standard InChI is InChI=1S/C22H27N5O2/c23-18(11-8-15-4-2-1-3-5-15)22(29)27-13-12-19(27)21(28)26-14-16-6-9-17(10-7-16)20(24)25/h1-7,9-10,18-19H,8,11-14,23H2,(H3,24,25)(H,26,28)/t18-,19+/m1/s1. The molecule has 1 heterocycles. The van der Waals surface area contributed by atoms with Crippen molar-refractivity contribution in [2.75, 3.05) is 6.54 Å². The quantitative estimate of drug-likeness (QED) is 0.396. The van der Waals surface area contributed by atoms with Crippen LogP contribution in [-0.4, -0.2) is 41.2 Å². The predicted octanol–water partition coefficient (Wildman–Crippen LogP) is 1.15. The minimum absolute atomic E-state index is 0.00723. The van der Waals surface area contributed by atoms with Gasteiger partial charge in [-0.3, -0.25) is 15.0 Å². The predicted molar refractivity (Wildman–Crippen MR) is 112 cm³/mol. The number of likely N-dealkylation sites (tertiary alicyclic amines) is 1. The lowest BCUT2D eigenvalue weighted by Crippen LogP contribution is -2.61. The van der Waals surface area contributed by atoms with Gasteiger partial charge in [0.05, 0.1) is 6.04 Å². The number of nitrogen functional groups attached to an aromatic ring is 1. The molecule has 1 aliphatic heterocycles. The van der Waals surface area contributed by atoms with Gasteiger partial charge in [0.2, 0.25) is 11.8 Å². The van der Waals surface area contributed by atoms with Gasteiger partial charge in [0.1, 0.15) is 11.9 Å². The van der Waals surface area contributed by atoms with Gasteiger partial charge in [-0.1, -0.05) is 54.6 Å². The smallest absolute Gasteiger partial charge is 0.243 e. The zero-order valence-electron chi connectivity index (χ0n) is 16.3. The van der Waals surface area contributed by atoms with E-state index in [-0.39, 0.29) is 17.6 Å². The highest BCUT2D eigenvalue weighted by atomic mass is 16.2. The number of carbonyl (C=O) groups is 2. The van der Waals surface area contributed by atoms with Crippen LogP contribution < -0.4 is 16.8 Å². The van der Waals surface area contributed by atoms with Gasteiger partial charge >= 0.3 is 0 Å². The largest absolute Gasteiger partial charge is 0.384 e. The molecule has 0 unspecified atom stereocenters. The highest BCUT2D eigenvalue weighted by molar-refractivity contribution is 5.95. The third kappa shape index (κ3) is 5.20. The fourth-order valence-corrected chi connectivity index (χ4v) is 3.34. The van der Waals surface area contributed by atoms with Crippen molar-refractivity contribution in [1.82, 2.24) is 10.2 Å². The number of rotatable bonds is 8. The second-order valence-corrected chi connectivity index (χ2v) is 7.30. The summed E-state index contributed by atoms with van der Waals surface area (Å²) in [5.41, 5.74) is 14.2. The fraction of sp³-hybridized carbons (Fsp3) is 0.318. The van der Waals surface area contributed by atoms with Crippen molar-refractivity contribution in [3.63, 3.8) is 0 Å². The van der Waals surface area contributed by atoms with E-state index < -0.39 is 12.1 Å². The molecule has 0 radical (unpaired) electrons. The van der Waals surface area contributed by atoms with Gasteiger partial charge in [0.15, 0.2) is 0 Å². The molecule has 29 heavy (non-hydrogen) atoms. The van der Waals surface area contributed by atoms with Crippen molar-refractivity contribution < 1.29 is 9.59 Å². The molecule has 0 bridgehead atoms. The summed E-state index contributed by atoms with van der Waals surface area (Å²) < 4.78 is 0. The lowest BCUT2D eigenvalue weighted by Gasteiger charge is -2.41. The van der Waals surface area contributed by atoms with Crippen molar-refractivity contribution in [2.24, 2.45) is 11.5 Å². The minimum Gasteiger partial charge on any atom is -0.384 e. The van der Waals surface area contributed by atoms with E-state index in [1.807, 2.05) is 42.5 Å². The maximum Gasteiger partial charge on any atom is 0.243 e. The third-order valence-electron chi connectivity index (χ3n) is 5.24. The number of carbonyl (C=O) groups excluding carboxylic acids is 2. The van der Waals surface area contributed by atoms with Crippen LogP contribution in [0.25, 0.3) is 0 Å². The fourth-order valence-electron chi connectivity index (χ4n) is 3.34. The Morgan fingerprint density at radius 2 is 1.79 bits per heavy atom. The van der Waals surface area contributed by atoms with Crippen LogP contribution in [0, 0.1) is 5.41 Å². The van der Waals surface area contributed by atoms with Crippen LogP contribution in [-0.2, 0) is 22.6 Å². The number of aryl methyl sites for hydroxylation is 1. The molecule has 0 saturated carbocycles. The second-order valence-electron chi connectivity index (χ2n) is 7.30. The maximum absolute atomic E-state index is 12.6. The minimum atomic E-state index is -0.607. The summed E-state index contributed by atoms with van der Waals surface area (Å²) in [6.45, 7) is 0.916. The normalized spacial score (nSPS) is 16.6. The van der Waals surface area contributed by atoms with Crippen LogP contribution in [0.15, 0.2) is 54.6 Å². The lowest BCUT2D eigenvalue weighted by atomic mass is 9.98. The molecule has 3 rings (SSSR count). The van der Waals surface area contributed by atoms with E-state index in [9.17, 15) is 9.59 Å². The zero-order chi connectivity index (χ0) is 20.8. The lowest BCUT2D eigenvalue weighted by molar-refractivity contribution is -0.148. The zero-order valence-corrected chi connectivity index (χ0v) is 16.3. The first-order valence-corrected chi connectivity index (χ1v) is 9.76. The number of benzene rings is 2. The van der Waals surface area contributed by atoms with E-state index in [1.54, 1.807) is 17.0 Å². The molecule has 152 valence electrons. The van der Waals surface area contributed by atoms with Crippen LogP contribution >= 0.6 is 0 Å². The van der Waals surface area contributed by atoms with Gasteiger partial charge in [0, 0.05) is 18.7 Å². The molecule has 0 spiro atoms. The molecule has 1 saturated heterocycles. The van der Waals surface area contributed by atoms with Gasteiger partial charge < -0.3 is 21.7 Å². The molecule has 2 amide bonds. The van der Waals surface area contributed by atoms with Gasteiger partial charge in [-0.25, -0.2) is 0 Å². The summed E-state index contributed by atoms with van der Waals surface area (Å²) in [7, 11) is 0. The number of hydrogen-bond donors (Lipinski definition) is 4. The molecule has 6 N–H and O–H groups in total. The van der Waals surface area contributed by atoms with Crippen molar-refractivity contribution in [3.8, 4) is 0 Å². The SMILES string of the molecule is N=C(N)c1ccc(CNC(=O)[C@@H]2CCN2C(=O)[C@H](N)CCc2ccccc2)cc1. The summed E-state index contributed by atoms with van der Waals surface area (Å²) >= 11 is 0. The van der Waals surface area contributed by atoms with Gasteiger partial charge in [-0.2, -0.15) is 0 Å². The Morgan fingerprint density at radius 3 is 2.38 bits per heavy atom. The summed E-state index contributed by atoms with van der Waals surface area (Å²) in [5, 5.41) is 10.3. The molecule has 7 nitrogen and oxygen atoms in total. The number of amidine groups is 1. The Kier molecular flexibility index (Phi) is 6.61. The number of amides is 2. The Balaban J connectivity index is 1.47. The molecule has 7 heteroatoms. The van der Waals surface area contributed by atoms with Crippen molar-refractivity contribution >= 4 is 17.6 Å². The van der Waals surface area contributed by atoms with Gasteiger partial charge in [-0.05, 0) is 30.4 Å². The maximum atomic E-state index is 12.6. The first-order valence-electron chi connectivity index (χ1n) is 9.76. The van der Waals surface area contributed by atoms with Gasteiger partial charge in [-0.15, -0.1) is 0 Å². The van der Waals surface area contributed by atoms with E-state index in [0.717, 1.165) is 17.5 Å². The number of nitrogens with zero attached hydrogens (tertiary/aromatic N) is 1. The molecular weight excluding hydrogens is 366 g/mol. The van der Waals surface area contributed by atoms with E-state index in [1.165, 1.54) is 0 Å². The number of nitrogens with one attached hydrogen (secondary N) is 2. The second kappa shape index (κ2) is 9.34. The number of nitrogens with two attached hydrogens (primary N) is 2. The highest BCUT2D eigenvalue weighted by Crippen LogP contribution is 2.20. The average Bonchev–Trinajstić information content (AvgIpc) is 2.70. The Labute approximate surface area is 170 Å². The van der Waals surface area contributed by atoms with E-state index in [2.05, 4.69) is 5.32 Å². The van der Waals surface area contributed by atoms with Crippen molar-refractivity contribution in [3.05, 3.63) is 71.3 Å². The number of hydrogen-bond acceptors (Lipinski definition) is 4. The summed E-state index contributed by atoms with van der Waals surface area (Å²) in [5.74, 6) is -0.332. The Morgan fingerprint density at radius 1 is 1.10 bits per heavy atom. The van der Waals surface area contributed by atoms with Crippen LogP contribution in [0.5, 0.6) is 0 Å². The van der Waals surface area contributed by atoms with E-state index >= 15 is 0 Å². The first-order chi connectivity index (χ1) is 14.0. The molecule has 1 fully saturated rings. The Bertz CT molecular complexity index is 867. The van der Waals surface area contributed by atoms with Crippen LogP contribution in [0.4, 0.5) is 0 Å². The van der Waals surface area contributed by atoms with E-state index in [0.29, 0.717) is 31.5 Å². The molecule has 0 aromatic heterocycles. The molecular formula is C22H27N5O2. The van der Waals surface area contributed by atoms with Crippen LogP contribution in [0.1, 0.15) is 29.5 Å². The molecule has 0 aliphatic carbocycles. The third-order valence-corrected chi connectivity index (χ3v) is 5.24. The van der Waals surface area contributed by atoms with Crippen molar-refractivity contribution in [1.29, 1.82) is 5.41 Å². The average molecular weight is 393 g/mol. The van der Waals surface area contributed by atoms with Crippen molar-refractivity contribution in [2.45, 2.75) is 37.9 Å². The topological polar surface area (TPSA) is 125 Å². The molecule has 1 aliphatic rings. The summed E-state index contributed by atoms with van der Waals surface area (Å²) in [6, 6.07) is 16.0. The Hall–Kier alpha value is -3.19. The van der Waals surface area contributed by atoms with Crippen LogP contribution in [0.3, 0.4) is 0 Å². The monoisotopic (exact) mass is 393 g/mol. The van der Waals surface area contributed by atoms with Crippen LogP contribution in [0.2, 0.25) is 0 Å². The van der Waals surface area contributed by atoms with Gasteiger partial charge in [0.25, 0.3) is 0 Å².